The molecule has 7 rings (SSSR count). The standard InChI is InChI=1S/C38H44BrN7O4/c1-23-12-13-32(39)42-36(23)43-37(49)30-17-38-18-31(38)46(30)33(48)21-45-35-26(11-9-7-5-4-6-8-10-14-50-22-38)15-27(28-19-40-25(3)41-20-28)16-29(35)34(44-45)24(2)47/h12-13,15-16,19-20,30-31H,4-11,14,17-18,21-22H2,1-3H3,(H,42,43,49)/t30-,31+,38-/m0/s1. The molecule has 1 N–H and O–H groups in total. The molecule has 2 bridgehead atoms. The highest BCUT2D eigenvalue weighted by molar-refractivity contribution is 9.10. The molecule has 3 atom stereocenters. The first-order valence-corrected chi connectivity index (χ1v) is 18.6. The lowest BCUT2D eigenvalue weighted by Crippen LogP contribution is -2.47. The number of ketones is 1. The zero-order valence-electron chi connectivity index (χ0n) is 29.0. The lowest BCUT2D eigenvalue weighted by molar-refractivity contribution is -0.138. The van der Waals surface area contributed by atoms with Gasteiger partial charge in [0, 0.05) is 48.3 Å². The summed E-state index contributed by atoms with van der Waals surface area (Å²) in [4.78, 5) is 56.6. The number of nitrogens with one attached hydrogen (secondary N) is 1. The predicted molar refractivity (Wildman–Crippen MR) is 194 cm³/mol. The second kappa shape index (κ2) is 14.3. The molecule has 2 amide bonds. The van der Waals surface area contributed by atoms with Gasteiger partial charge in [-0.3, -0.25) is 19.1 Å². The molecular weight excluding hydrogens is 698 g/mol. The van der Waals surface area contributed by atoms with Gasteiger partial charge in [0.05, 0.1) is 12.1 Å². The fraction of sp³-hybridized carbons (Fsp3) is 0.500. The maximum absolute atomic E-state index is 14.5. The largest absolute Gasteiger partial charge is 0.381 e. The molecule has 4 aromatic rings. The summed E-state index contributed by atoms with van der Waals surface area (Å²) in [7, 11) is 0. The zero-order valence-corrected chi connectivity index (χ0v) is 30.6. The van der Waals surface area contributed by atoms with Crippen molar-refractivity contribution in [3.8, 4) is 11.1 Å². The maximum atomic E-state index is 14.5. The molecule has 11 nitrogen and oxygen atoms in total. The van der Waals surface area contributed by atoms with Crippen molar-refractivity contribution < 1.29 is 19.1 Å². The van der Waals surface area contributed by atoms with Gasteiger partial charge in [0.15, 0.2) is 5.78 Å². The lowest BCUT2D eigenvalue weighted by Gasteiger charge is -2.27. The van der Waals surface area contributed by atoms with E-state index in [1.165, 1.54) is 19.8 Å². The fourth-order valence-corrected chi connectivity index (χ4v) is 8.13. The Balaban J connectivity index is 1.27. The summed E-state index contributed by atoms with van der Waals surface area (Å²) in [6, 6.07) is 7.03. The third kappa shape index (κ3) is 6.96. The van der Waals surface area contributed by atoms with E-state index in [9.17, 15) is 14.4 Å². The number of benzene rings is 1. The van der Waals surface area contributed by atoms with Crippen molar-refractivity contribution in [2.75, 3.05) is 18.5 Å². The molecule has 0 radical (unpaired) electrons. The molecule has 50 heavy (non-hydrogen) atoms. The lowest BCUT2D eigenvalue weighted by atomic mass is 9.96. The van der Waals surface area contributed by atoms with Gasteiger partial charge >= 0.3 is 0 Å². The van der Waals surface area contributed by atoms with Gasteiger partial charge in [-0.1, -0.05) is 38.2 Å². The van der Waals surface area contributed by atoms with Gasteiger partial charge < -0.3 is 15.0 Å². The number of Topliss-reactive ketones (excluding diaryl/α,β-unsaturated/α-hetero) is 1. The molecule has 2 aliphatic heterocycles. The van der Waals surface area contributed by atoms with Crippen molar-refractivity contribution in [2.45, 2.75) is 104 Å². The third-order valence-corrected chi connectivity index (χ3v) is 11.0. The van der Waals surface area contributed by atoms with E-state index < -0.39 is 6.04 Å². The summed E-state index contributed by atoms with van der Waals surface area (Å²) in [6.07, 6.45) is 13.4. The van der Waals surface area contributed by atoms with Crippen LogP contribution in [0.5, 0.6) is 0 Å². The number of carbonyl (C=O) groups is 3. The minimum atomic E-state index is -0.683. The average molecular weight is 743 g/mol. The second-order valence-corrected chi connectivity index (χ2v) is 15.1. The summed E-state index contributed by atoms with van der Waals surface area (Å²) < 4.78 is 8.53. The van der Waals surface area contributed by atoms with Gasteiger partial charge in [0.1, 0.15) is 34.5 Å². The number of amides is 2. The van der Waals surface area contributed by atoms with Crippen LogP contribution in [-0.4, -0.2) is 72.5 Å². The van der Waals surface area contributed by atoms with E-state index in [2.05, 4.69) is 42.3 Å². The van der Waals surface area contributed by atoms with Gasteiger partial charge in [-0.2, -0.15) is 5.10 Å². The number of ether oxygens (including phenoxy) is 1. The Labute approximate surface area is 300 Å². The first-order chi connectivity index (χ1) is 24.1. The van der Waals surface area contributed by atoms with Crippen LogP contribution in [-0.2, 0) is 27.3 Å². The van der Waals surface area contributed by atoms with Crippen LogP contribution in [0.25, 0.3) is 22.0 Å². The van der Waals surface area contributed by atoms with E-state index in [-0.39, 0.29) is 35.6 Å². The van der Waals surface area contributed by atoms with E-state index in [1.54, 1.807) is 22.0 Å². The Bertz CT molecular complexity index is 1940. The molecule has 1 saturated heterocycles. The topological polar surface area (TPSA) is 132 Å². The quantitative estimate of drug-likeness (QED) is 0.179. The van der Waals surface area contributed by atoms with Crippen LogP contribution in [0.1, 0.15) is 92.2 Å². The SMILES string of the molecule is CC(=O)c1nn2c3c(cc(-c4cnc(C)nc4)cc13)CCCCCCCCCOC[C@@]13C[C@@H](C(=O)Nc4nc(Br)ccc4C)N(C(=O)C2)[C@@H]1C3. The van der Waals surface area contributed by atoms with E-state index >= 15 is 0 Å². The number of hydrogen-bond acceptors (Lipinski definition) is 8. The van der Waals surface area contributed by atoms with Crippen molar-refractivity contribution in [1.82, 2.24) is 29.6 Å². The highest BCUT2D eigenvalue weighted by Crippen LogP contribution is 2.60. The molecule has 3 aliphatic rings. The maximum Gasteiger partial charge on any atom is 0.248 e. The number of pyridine rings is 1. The first-order valence-electron chi connectivity index (χ1n) is 17.8. The smallest absolute Gasteiger partial charge is 0.248 e. The average Bonchev–Trinajstić information content (AvgIpc) is 3.49. The van der Waals surface area contributed by atoms with Crippen LogP contribution >= 0.6 is 15.9 Å². The predicted octanol–water partition coefficient (Wildman–Crippen LogP) is 6.77. The number of aryl methyl sites for hydroxylation is 3. The number of carbonyl (C=O) groups excluding carboxylic acids is 3. The van der Waals surface area contributed by atoms with E-state index in [1.807, 2.05) is 32.0 Å². The molecule has 2 fully saturated rings. The Morgan fingerprint density at radius 3 is 2.48 bits per heavy atom. The van der Waals surface area contributed by atoms with Crippen LogP contribution in [0.3, 0.4) is 0 Å². The molecule has 5 heterocycles. The zero-order chi connectivity index (χ0) is 35.0. The summed E-state index contributed by atoms with van der Waals surface area (Å²) in [5.74, 6) is 0.513. The van der Waals surface area contributed by atoms with Gasteiger partial charge in [-0.15, -0.1) is 0 Å². The van der Waals surface area contributed by atoms with Crippen LogP contribution < -0.4 is 5.32 Å². The highest BCUT2D eigenvalue weighted by Gasteiger charge is 2.67. The molecular formula is C38H44BrN7O4. The number of hydrogen-bond donors (Lipinski definition) is 1. The van der Waals surface area contributed by atoms with Gasteiger partial charge in [0.25, 0.3) is 0 Å². The van der Waals surface area contributed by atoms with Crippen LogP contribution in [0, 0.1) is 19.3 Å². The normalized spacial score (nSPS) is 23.1. The fourth-order valence-electron chi connectivity index (χ4n) is 7.82. The number of piperidine rings is 1. The van der Waals surface area contributed by atoms with Crippen LogP contribution in [0.4, 0.5) is 5.82 Å². The van der Waals surface area contributed by atoms with Crippen molar-refractivity contribution in [1.29, 1.82) is 0 Å². The molecule has 1 saturated carbocycles. The molecule has 0 spiro atoms. The number of nitrogens with zero attached hydrogens (tertiary/aromatic N) is 6. The van der Waals surface area contributed by atoms with Gasteiger partial charge in [-0.25, -0.2) is 15.0 Å². The van der Waals surface area contributed by atoms with Crippen molar-refractivity contribution >= 4 is 50.2 Å². The van der Waals surface area contributed by atoms with Crippen molar-refractivity contribution in [3.05, 3.63) is 63.9 Å². The van der Waals surface area contributed by atoms with Crippen LogP contribution in [0.2, 0.25) is 0 Å². The highest BCUT2D eigenvalue weighted by atomic mass is 79.9. The van der Waals surface area contributed by atoms with Gasteiger partial charge in [-0.05, 0) is 96.8 Å². The minimum Gasteiger partial charge on any atom is -0.381 e. The molecule has 1 aliphatic carbocycles. The molecule has 262 valence electrons. The Morgan fingerprint density at radius 2 is 1.72 bits per heavy atom. The molecule has 12 heteroatoms. The van der Waals surface area contributed by atoms with Crippen molar-refractivity contribution in [2.24, 2.45) is 5.41 Å². The van der Waals surface area contributed by atoms with Crippen molar-refractivity contribution in [3.63, 3.8) is 0 Å². The number of halogens is 1. The Kier molecular flexibility index (Phi) is 9.85. The molecule has 1 aromatic carbocycles. The van der Waals surface area contributed by atoms with Crippen LogP contribution in [0.15, 0.2) is 41.3 Å². The summed E-state index contributed by atoms with van der Waals surface area (Å²) >= 11 is 3.41. The Morgan fingerprint density at radius 1 is 0.980 bits per heavy atom. The Hall–Kier alpha value is -4.03. The molecule has 0 unspecified atom stereocenters. The van der Waals surface area contributed by atoms with E-state index in [0.29, 0.717) is 47.0 Å². The van der Waals surface area contributed by atoms with E-state index in [0.717, 1.165) is 72.7 Å². The van der Waals surface area contributed by atoms with E-state index in [4.69, 9.17) is 9.84 Å². The summed E-state index contributed by atoms with van der Waals surface area (Å²) in [5, 5.41) is 8.51. The number of aromatic nitrogens is 5. The minimum absolute atomic E-state index is 0.0881. The summed E-state index contributed by atoms with van der Waals surface area (Å²) in [6.45, 7) is 6.37. The number of rotatable bonds is 4. The molecule has 3 aromatic heterocycles. The van der Waals surface area contributed by atoms with Gasteiger partial charge in [0.2, 0.25) is 11.8 Å². The first kappa shape index (κ1) is 34.4. The summed E-state index contributed by atoms with van der Waals surface area (Å²) in [5.41, 5.74) is 4.49. The second-order valence-electron chi connectivity index (χ2n) is 14.3. The number of anilines is 1. The monoisotopic (exact) mass is 741 g/mol. The third-order valence-electron chi connectivity index (χ3n) is 10.6.